The molecule has 154 valence electrons. The molecule has 1 saturated heterocycles. The van der Waals surface area contributed by atoms with Crippen molar-refractivity contribution in [2.45, 2.75) is 25.8 Å². The van der Waals surface area contributed by atoms with Crippen molar-refractivity contribution in [3.63, 3.8) is 0 Å². The van der Waals surface area contributed by atoms with Gasteiger partial charge in [0.05, 0.1) is 19.1 Å². The molecule has 0 aliphatic carbocycles. The number of hydrogen-bond acceptors (Lipinski definition) is 5. The van der Waals surface area contributed by atoms with E-state index in [0.29, 0.717) is 23.7 Å². The van der Waals surface area contributed by atoms with Crippen LogP contribution in [0, 0.1) is 12.8 Å². The summed E-state index contributed by atoms with van der Waals surface area (Å²) in [5.74, 6) is 0.0593. The molecule has 1 N–H and O–H groups in total. The summed E-state index contributed by atoms with van der Waals surface area (Å²) in [7, 11) is 1.60. The SMILES string of the molecule is COc1ccccc1[C@H]1[C@H](C(=O)Nc2nccs2)CCC(=O)N1c1ccc(C)cc1. The highest BCUT2D eigenvalue weighted by molar-refractivity contribution is 7.13. The van der Waals surface area contributed by atoms with Crippen molar-refractivity contribution in [2.24, 2.45) is 5.92 Å². The highest BCUT2D eigenvalue weighted by Crippen LogP contribution is 2.43. The largest absolute Gasteiger partial charge is 0.496 e. The molecule has 1 aliphatic heterocycles. The minimum atomic E-state index is -0.481. The van der Waals surface area contributed by atoms with Crippen LogP contribution in [0.15, 0.2) is 60.1 Å². The van der Waals surface area contributed by atoms with Crippen molar-refractivity contribution in [2.75, 3.05) is 17.3 Å². The van der Waals surface area contributed by atoms with Crippen LogP contribution in [-0.4, -0.2) is 23.9 Å². The van der Waals surface area contributed by atoms with Gasteiger partial charge in [-0.3, -0.25) is 9.59 Å². The second-order valence-electron chi connectivity index (χ2n) is 7.26. The molecule has 0 saturated carbocycles. The molecule has 2 aromatic carbocycles. The Hall–Kier alpha value is -3.19. The zero-order chi connectivity index (χ0) is 21.1. The van der Waals surface area contributed by atoms with E-state index in [9.17, 15) is 9.59 Å². The summed E-state index contributed by atoms with van der Waals surface area (Å²) in [4.78, 5) is 32.3. The summed E-state index contributed by atoms with van der Waals surface area (Å²) in [5, 5.41) is 5.28. The lowest BCUT2D eigenvalue weighted by molar-refractivity contribution is -0.125. The topological polar surface area (TPSA) is 71.5 Å². The number of thiazole rings is 1. The van der Waals surface area contributed by atoms with Crippen LogP contribution >= 0.6 is 11.3 Å². The fourth-order valence-electron chi connectivity index (χ4n) is 3.93. The van der Waals surface area contributed by atoms with E-state index in [1.165, 1.54) is 11.3 Å². The minimum Gasteiger partial charge on any atom is -0.496 e. The lowest BCUT2D eigenvalue weighted by atomic mass is 9.82. The average Bonchev–Trinajstić information content (AvgIpc) is 3.27. The van der Waals surface area contributed by atoms with Crippen LogP contribution < -0.4 is 15.0 Å². The third kappa shape index (κ3) is 3.93. The van der Waals surface area contributed by atoms with Crippen molar-refractivity contribution in [1.82, 2.24) is 4.98 Å². The van der Waals surface area contributed by atoms with Gasteiger partial charge in [0, 0.05) is 29.2 Å². The van der Waals surface area contributed by atoms with Gasteiger partial charge >= 0.3 is 0 Å². The van der Waals surface area contributed by atoms with E-state index in [1.807, 2.05) is 60.8 Å². The minimum absolute atomic E-state index is 0.00643. The van der Waals surface area contributed by atoms with E-state index in [1.54, 1.807) is 18.2 Å². The van der Waals surface area contributed by atoms with Crippen molar-refractivity contribution >= 4 is 34.0 Å². The molecule has 2 heterocycles. The molecule has 4 rings (SSSR count). The number of benzene rings is 2. The number of carbonyl (C=O) groups is 2. The van der Waals surface area contributed by atoms with Crippen LogP contribution in [0.1, 0.15) is 30.0 Å². The van der Waals surface area contributed by atoms with Gasteiger partial charge < -0.3 is 15.0 Å². The van der Waals surface area contributed by atoms with Gasteiger partial charge in [-0.25, -0.2) is 4.98 Å². The average molecular weight is 422 g/mol. The quantitative estimate of drug-likeness (QED) is 0.654. The zero-order valence-corrected chi connectivity index (χ0v) is 17.7. The van der Waals surface area contributed by atoms with Gasteiger partial charge in [0.25, 0.3) is 0 Å². The number of carbonyl (C=O) groups excluding carboxylic acids is 2. The highest BCUT2D eigenvalue weighted by atomic mass is 32.1. The Kier molecular flexibility index (Phi) is 5.81. The number of hydrogen-bond donors (Lipinski definition) is 1. The summed E-state index contributed by atoms with van der Waals surface area (Å²) >= 11 is 1.37. The van der Waals surface area contributed by atoms with Gasteiger partial charge in [-0.15, -0.1) is 11.3 Å². The van der Waals surface area contributed by atoms with E-state index >= 15 is 0 Å². The molecular formula is C23H23N3O3S. The van der Waals surface area contributed by atoms with Gasteiger partial charge in [0.2, 0.25) is 11.8 Å². The number of amides is 2. The Morgan fingerprint density at radius 2 is 1.97 bits per heavy atom. The first-order valence-corrected chi connectivity index (χ1v) is 10.7. The normalized spacial score (nSPS) is 18.9. The molecule has 7 heteroatoms. The van der Waals surface area contributed by atoms with E-state index in [2.05, 4.69) is 10.3 Å². The summed E-state index contributed by atoms with van der Waals surface area (Å²) < 4.78 is 5.59. The Bertz CT molecular complexity index is 1030. The summed E-state index contributed by atoms with van der Waals surface area (Å²) in [6, 6.07) is 14.9. The third-order valence-electron chi connectivity index (χ3n) is 5.37. The molecule has 1 fully saturated rings. The van der Waals surface area contributed by atoms with Crippen LogP contribution in [0.25, 0.3) is 0 Å². The molecule has 1 aromatic heterocycles. The summed E-state index contributed by atoms with van der Waals surface area (Å²) in [5.41, 5.74) is 2.69. The molecule has 30 heavy (non-hydrogen) atoms. The first-order chi connectivity index (χ1) is 14.6. The number of rotatable bonds is 5. The second-order valence-corrected chi connectivity index (χ2v) is 8.15. The first-order valence-electron chi connectivity index (χ1n) is 9.80. The second kappa shape index (κ2) is 8.67. The van der Waals surface area contributed by atoms with Crippen molar-refractivity contribution in [3.05, 3.63) is 71.2 Å². The molecule has 0 unspecified atom stereocenters. The standard InChI is InChI=1S/C23H23N3O3S/c1-15-7-9-16(10-8-15)26-20(27)12-11-18(22(28)25-23-24-13-14-30-23)21(26)17-5-3-4-6-19(17)29-2/h3-10,13-14,18,21H,11-12H2,1-2H3,(H,24,25,28)/t18-,21+/m1/s1. The molecule has 0 spiro atoms. The number of ether oxygens (including phenoxy) is 1. The number of methoxy groups -OCH3 is 1. The smallest absolute Gasteiger partial charge is 0.231 e. The molecule has 1 aliphatic rings. The van der Waals surface area contributed by atoms with E-state index < -0.39 is 12.0 Å². The van der Waals surface area contributed by atoms with Crippen molar-refractivity contribution in [3.8, 4) is 5.75 Å². The van der Waals surface area contributed by atoms with Crippen LogP contribution in [0.3, 0.4) is 0 Å². The van der Waals surface area contributed by atoms with Crippen LogP contribution in [0.2, 0.25) is 0 Å². The molecule has 0 bridgehead atoms. The molecule has 3 aromatic rings. The first kappa shape index (κ1) is 20.1. The van der Waals surface area contributed by atoms with Crippen LogP contribution in [0.4, 0.5) is 10.8 Å². The maximum Gasteiger partial charge on any atom is 0.231 e. The lowest BCUT2D eigenvalue weighted by Gasteiger charge is -2.41. The van der Waals surface area contributed by atoms with E-state index in [4.69, 9.17) is 4.74 Å². The van der Waals surface area contributed by atoms with Crippen molar-refractivity contribution < 1.29 is 14.3 Å². The number of aryl methyl sites for hydroxylation is 1. The monoisotopic (exact) mass is 421 g/mol. The van der Waals surface area contributed by atoms with Gasteiger partial charge in [-0.2, -0.15) is 0 Å². The maximum absolute atomic E-state index is 13.3. The Balaban J connectivity index is 1.79. The fraction of sp³-hybridized carbons (Fsp3) is 0.261. The van der Waals surface area contributed by atoms with Gasteiger partial charge in [0.1, 0.15) is 5.75 Å². The lowest BCUT2D eigenvalue weighted by Crippen LogP contribution is -2.47. The predicted molar refractivity (Wildman–Crippen MR) is 118 cm³/mol. The molecule has 2 atom stereocenters. The molecule has 6 nitrogen and oxygen atoms in total. The number of piperidine rings is 1. The maximum atomic E-state index is 13.3. The Morgan fingerprint density at radius 3 is 2.67 bits per heavy atom. The molecule has 0 radical (unpaired) electrons. The van der Waals surface area contributed by atoms with Gasteiger partial charge in [-0.1, -0.05) is 35.9 Å². The van der Waals surface area contributed by atoms with Crippen LogP contribution in [-0.2, 0) is 9.59 Å². The fourth-order valence-corrected chi connectivity index (χ4v) is 4.46. The zero-order valence-electron chi connectivity index (χ0n) is 16.9. The van der Waals surface area contributed by atoms with Gasteiger partial charge in [0.15, 0.2) is 5.13 Å². The Labute approximate surface area is 179 Å². The van der Waals surface area contributed by atoms with Crippen LogP contribution in [0.5, 0.6) is 5.75 Å². The summed E-state index contributed by atoms with van der Waals surface area (Å²) in [6.45, 7) is 2.00. The number of aromatic nitrogens is 1. The number of anilines is 2. The van der Waals surface area contributed by atoms with E-state index in [0.717, 1.165) is 16.8 Å². The van der Waals surface area contributed by atoms with Crippen molar-refractivity contribution in [1.29, 1.82) is 0 Å². The highest BCUT2D eigenvalue weighted by Gasteiger charge is 2.42. The molecule has 2 amide bonds. The van der Waals surface area contributed by atoms with Gasteiger partial charge in [-0.05, 0) is 31.5 Å². The predicted octanol–water partition coefficient (Wildman–Crippen LogP) is 4.58. The van der Waals surface area contributed by atoms with E-state index in [-0.39, 0.29) is 11.8 Å². The number of nitrogens with one attached hydrogen (secondary N) is 1. The Morgan fingerprint density at radius 1 is 1.20 bits per heavy atom. The molecular weight excluding hydrogens is 398 g/mol. The summed E-state index contributed by atoms with van der Waals surface area (Å²) in [6.07, 6.45) is 2.41. The third-order valence-corrected chi connectivity index (χ3v) is 6.05. The number of nitrogens with zero attached hydrogens (tertiary/aromatic N) is 2. The number of para-hydroxylation sites is 1.